The first kappa shape index (κ1) is 13.7. The van der Waals surface area contributed by atoms with E-state index in [0.717, 1.165) is 6.07 Å². The maximum absolute atomic E-state index is 10.8. The van der Waals surface area contributed by atoms with Crippen LogP contribution in [0.4, 0.5) is 5.69 Å². The Labute approximate surface area is 110 Å². The summed E-state index contributed by atoms with van der Waals surface area (Å²) in [6, 6.07) is 2.37. The predicted molar refractivity (Wildman–Crippen MR) is 52.7 cm³/mol. The molecule has 0 heterocycles. The van der Waals surface area contributed by atoms with Gasteiger partial charge >= 0.3 is 110 Å². The second-order valence-corrected chi connectivity index (χ2v) is 8.40. The van der Waals surface area contributed by atoms with Gasteiger partial charge < -0.3 is 0 Å². The molecule has 0 aliphatic carbocycles. The Morgan fingerprint density at radius 1 is 1.53 bits per heavy atom. The first-order valence-corrected chi connectivity index (χ1v) is 9.62. The number of nitro groups is 1. The zero-order valence-electron chi connectivity index (χ0n) is 9.30. The number of phenolic OH excluding ortho intramolecular Hbond substituents is 1. The van der Waals surface area contributed by atoms with Gasteiger partial charge in [0.25, 0.3) is 0 Å². The Hall–Kier alpha value is -1.37. The second kappa shape index (κ2) is 5.81. The summed E-state index contributed by atoms with van der Waals surface area (Å²) in [6.07, 6.45) is 0. The van der Waals surface area contributed by atoms with E-state index in [9.17, 15) is 20.0 Å². The molecule has 1 aromatic carbocycles. The molecule has 0 aliphatic heterocycles. The number of benzene rings is 1. The molecule has 17 heavy (non-hydrogen) atoms. The van der Waals surface area contributed by atoms with Gasteiger partial charge in [0.1, 0.15) is 0 Å². The number of phenols is 1. The number of nitrogens with zero attached hydrogens (tertiary/aromatic N) is 1. The van der Waals surface area contributed by atoms with Crippen molar-refractivity contribution < 1.29 is 47.2 Å². The number of carbonyl (C=O) groups excluding carboxylic acids is 1. The van der Waals surface area contributed by atoms with Gasteiger partial charge in [0, 0.05) is 0 Å². The standard InChI is InChI=1S/C7H6NO4.C2H4O2.Hg/c1-12-7-3-2-5(8(10)11)4-6(7)9;1-2(3)4;/h3-4,9H,1H3;1H3,(H,3,4);/q;;+1/p-1. The van der Waals surface area contributed by atoms with Crippen molar-refractivity contribution in [3.8, 4) is 11.5 Å². The predicted octanol–water partition coefficient (Wildman–Crippen LogP) is 0.495. The Morgan fingerprint density at radius 2 is 2.18 bits per heavy atom. The number of ether oxygens (including phenoxy) is 1. The molecule has 0 bridgehead atoms. The van der Waals surface area contributed by atoms with E-state index < -0.39 is 35.9 Å². The summed E-state index contributed by atoms with van der Waals surface area (Å²) >= 11 is -2.35. The van der Waals surface area contributed by atoms with Crippen molar-refractivity contribution in [3.05, 3.63) is 22.2 Å². The molecule has 7 nitrogen and oxygen atoms in total. The Kier molecular flexibility index (Phi) is 4.68. The first-order chi connectivity index (χ1) is 7.95. The van der Waals surface area contributed by atoms with Crippen molar-refractivity contribution in [2.75, 3.05) is 7.11 Å². The van der Waals surface area contributed by atoms with Crippen LogP contribution in [0, 0.1) is 10.1 Å². The zero-order chi connectivity index (χ0) is 13.0. The molecule has 1 rings (SSSR count). The molecule has 0 aliphatic rings. The molecule has 0 aromatic heterocycles. The molecule has 88 valence electrons. The minimum atomic E-state index is -2.35. The summed E-state index contributed by atoms with van der Waals surface area (Å²) in [6.45, 7) is 1.25. The molecular weight excluding hydrogens is 419 g/mol. The molecule has 0 saturated carbocycles. The monoisotopic (exact) mass is 429 g/mol. The molecule has 1 N–H and O–H groups in total. The van der Waals surface area contributed by atoms with Gasteiger partial charge in [-0.1, -0.05) is 0 Å². The molecule has 0 amide bonds. The van der Waals surface area contributed by atoms with Crippen LogP contribution in [0.15, 0.2) is 12.1 Å². The number of aromatic hydroxyl groups is 1. The topological polar surface area (TPSA) is 98.9 Å². The van der Waals surface area contributed by atoms with Crippen molar-refractivity contribution >= 4 is 14.7 Å². The van der Waals surface area contributed by atoms with E-state index in [1.165, 1.54) is 20.1 Å². The molecule has 8 heteroatoms. The first-order valence-electron chi connectivity index (χ1n) is 4.63. The maximum atomic E-state index is 10.8. The van der Waals surface area contributed by atoms with Gasteiger partial charge in [-0.3, -0.25) is 0 Å². The summed E-state index contributed by atoms with van der Waals surface area (Å²) in [5.74, 6) is -0.620. The normalized spacial score (nSPS) is 9.29. The van der Waals surface area contributed by atoms with Crippen LogP contribution in [0.2, 0.25) is 0 Å². The van der Waals surface area contributed by atoms with Crippen molar-refractivity contribution in [1.29, 1.82) is 0 Å². The SMILES string of the molecule is COc1c[c]([Hg][O]C(C)=O)c([N+](=O)[O-])cc1O. The molecule has 0 spiro atoms. The third-order valence-electron chi connectivity index (χ3n) is 2.01. The van der Waals surface area contributed by atoms with E-state index in [-0.39, 0.29) is 17.2 Å². The van der Waals surface area contributed by atoms with E-state index >= 15 is 0 Å². The average Bonchev–Trinajstić information content (AvgIpc) is 2.26. The van der Waals surface area contributed by atoms with Gasteiger partial charge in [0.15, 0.2) is 0 Å². The van der Waals surface area contributed by atoms with Crippen molar-refractivity contribution in [1.82, 2.24) is 0 Å². The molecule has 0 saturated heterocycles. The summed E-state index contributed by atoms with van der Waals surface area (Å²) in [5.41, 5.74) is -0.230. The average molecular weight is 428 g/mol. The van der Waals surface area contributed by atoms with Crippen LogP contribution in [0.3, 0.4) is 0 Å². The van der Waals surface area contributed by atoms with Gasteiger partial charge in [0.05, 0.1) is 0 Å². The van der Waals surface area contributed by atoms with E-state index in [1.807, 2.05) is 0 Å². The van der Waals surface area contributed by atoms with E-state index in [2.05, 4.69) is 0 Å². The van der Waals surface area contributed by atoms with Crippen LogP contribution in [-0.4, -0.2) is 23.1 Å². The fourth-order valence-electron chi connectivity index (χ4n) is 1.23. The van der Waals surface area contributed by atoms with E-state index in [4.69, 9.17) is 7.38 Å². The summed E-state index contributed by atoms with van der Waals surface area (Å²) in [7, 11) is 1.34. The van der Waals surface area contributed by atoms with Crippen LogP contribution in [-0.2, 0) is 32.5 Å². The number of hydrogen-bond acceptors (Lipinski definition) is 6. The van der Waals surface area contributed by atoms with Crippen LogP contribution in [0.1, 0.15) is 6.92 Å². The summed E-state index contributed by atoms with van der Waals surface area (Å²) in [5, 5.41) is 20.2. The van der Waals surface area contributed by atoms with Crippen LogP contribution in [0.25, 0.3) is 0 Å². The van der Waals surface area contributed by atoms with Crippen LogP contribution >= 0.6 is 0 Å². The van der Waals surface area contributed by atoms with Gasteiger partial charge in [-0.15, -0.1) is 0 Å². The Balaban J connectivity index is 3.14. The fraction of sp³-hybridized carbons (Fsp3) is 0.222. The molecule has 0 atom stereocenters. The van der Waals surface area contributed by atoms with E-state index in [1.54, 1.807) is 0 Å². The summed E-state index contributed by atoms with van der Waals surface area (Å²) in [4.78, 5) is 20.9. The molecule has 0 unspecified atom stereocenters. The minimum absolute atomic E-state index is 0.137. The van der Waals surface area contributed by atoms with Crippen LogP contribution in [0.5, 0.6) is 11.5 Å². The number of carbonyl (C=O) groups is 1. The zero-order valence-corrected chi connectivity index (χ0v) is 14.8. The number of rotatable bonds is 4. The third-order valence-corrected chi connectivity index (χ3v) is 7.56. The summed E-state index contributed by atoms with van der Waals surface area (Å²) < 4.78 is 10.1. The van der Waals surface area contributed by atoms with Crippen molar-refractivity contribution in [2.45, 2.75) is 6.92 Å². The van der Waals surface area contributed by atoms with Gasteiger partial charge in [-0.05, 0) is 0 Å². The van der Waals surface area contributed by atoms with Crippen LogP contribution < -0.4 is 7.81 Å². The molecule has 1 aromatic rings. The Bertz CT molecular complexity index is 461. The molecule has 0 radical (unpaired) electrons. The van der Waals surface area contributed by atoms with Crippen molar-refractivity contribution in [2.24, 2.45) is 0 Å². The van der Waals surface area contributed by atoms with Gasteiger partial charge in [-0.2, -0.15) is 0 Å². The van der Waals surface area contributed by atoms with Gasteiger partial charge in [-0.25, -0.2) is 0 Å². The second-order valence-electron chi connectivity index (χ2n) is 3.19. The van der Waals surface area contributed by atoms with Crippen molar-refractivity contribution in [3.63, 3.8) is 0 Å². The van der Waals surface area contributed by atoms with E-state index in [0.29, 0.717) is 3.07 Å². The fourth-order valence-corrected chi connectivity index (χ4v) is 5.14. The number of hydrogen-bond donors (Lipinski definition) is 1. The quantitative estimate of drug-likeness (QED) is 0.427. The molecule has 0 fully saturated rings. The molecular formula is C9H9HgNO6. The Morgan fingerprint density at radius 3 is 2.65 bits per heavy atom. The third kappa shape index (κ3) is 3.55. The number of nitro benzene ring substituents is 1. The van der Waals surface area contributed by atoms with Gasteiger partial charge in [0.2, 0.25) is 0 Å². The number of methoxy groups -OCH3 is 1.